The minimum atomic E-state index is 0.134. The summed E-state index contributed by atoms with van der Waals surface area (Å²) in [6.07, 6.45) is 3.90. The van der Waals surface area contributed by atoms with E-state index in [0.29, 0.717) is 6.54 Å². The molecule has 1 amide bonds. The molecule has 1 unspecified atom stereocenters. The van der Waals surface area contributed by atoms with E-state index in [0.717, 1.165) is 61.9 Å². The molecule has 150 valence electrons. The predicted molar refractivity (Wildman–Crippen MR) is 116 cm³/mol. The molecule has 0 saturated carbocycles. The van der Waals surface area contributed by atoms with Crippen LogP contribution in [0.15, 0.2) is 48.7 Å². The van der Waals surface area contributed by atoms with Gasteiger partial charge in [0, 0.05) is 38.9 Å². The van der Waals surface area contributed by atoms with Crippen molar-refractivity contribution >= 4 is 33.3 Å². The standard InChI is InChI=1S/C22H25N5OS/c28-21(16-25-12-14-26(15-13-25)20-9-3-4-10-23-20)27-11-5-7-18(27)22-24-17-6-1-2-8-19(17)29-22/h1-4,6,8-10,18H,5,7,11-16H2. The van der Waals surface area contributed by atoms with Crippen LogP contribution in [0.4, 0.5) is 5.82 Å². The van der Waals surface area contributed by atoms with Crippen molar-refractivity contribution < 1.29 is 4.79 Å². The molecule has 0 radical (unpaired) electrons. The normalized spacial score (nSPS) is 20.5. The number of nitrogens with zero attached hydrogens (tertiary/aromatic N) is 5. The van der Waals surface area contributed by atoms with Gasteiger partial charge in [-0.2, -0.15) is 0 Å². The van der Waals surface area contributed by atoms with Gasteiger partial charge in [0.2, 0.25) is 5.91 Å². The Balaban J connectivity index is 1.21. The number of para-hydroxylation sites is 1. The minimum Gasteiger partial charge on any atom is -0.354 e. The second-order valence-electron chi connectivity index (χ2n) is 7.72. The van der Waals surface area contributed by atoms with Crippen LogP contribution in [0, 0.1) is 0 Å². The molecule has 5 rings (SSSR count). The van der Waals surface area contributed by atoms with Gasteiger partial charge in [-0.1, -0.05) is 18.2 Å². The van der Waals surface area contributed by atoms with Gasteiger partial charge in [0.05, 0.1) is 22.8 Å². The molecule has 2 fully saturated rings. The topological polar surface area (TPSA) is 52.6 Å². The number of amides is 1. The molecule has 0 spiro atoms. The maximum absolute atomic E-state index is 13.1. The molecule has 7 heteroatoms. The van der Waals surface area contributed by atoms with E-state index < -0.39 is 0 Å². The van der Waals surface area contributed by atoms with Crippen molar-refractivity contribution in [3.63, 3.8) is 0 Å². The van der Waals surface area contributed by atoms with Crippen LogP contribution in [-0.2, 0) is 4.79 Å². The van der Waals surface area contributed by atoms with Crippen molar-refractivity contribution in [2.45, 2.75) is 18.9 Å². The minimum absolute atomic E-state index is 0.134. The number of carbonyl (C=O) groups excluding carboxylic acids is 1. The lowest BCUT2D eigenvalue weighted by molar-refractivity contribution is -0.133. The zero-order valence-electron chi connectivity index (χ0n) is 16.4. The van der Waals surface area contributed by atoms with E-state index in [9.17, 15) is 4.79 Å². The summed E-state index contributed by atoms with van der Waals surface area (Å²) in [6.45, 7) is 4.94. The van der Waals surface area contributed by atoms with Crippen molar-refractivity contribution in [2.24, 2.45) is 0 Å². The van der Waals surface area contributed by atoms with Gasteiger partial charge in [0.15, 0.2) is 0 Å². The van der Waals surface area contributed by atoms with Crippen molar-refractivity contribution in [1.82, 2.24) is 19.8 Å². The Kier molecular flexibility index (Phi) is 5.16. The number of likely N-dealkylation sites (tertiary alicyclic amines) is 1. The Bertz CT molecular complexity index is 950. The average molecular weight is 408 g/mol. The number of carbonyl (C=O) groups is 1. The molecule has 0 N–H and O–H groups in total. The summed E-state index contributed by atoms with van der Waals surface area (Å²) in [5.41, 5.74) is 1.04. The fraction of sp³-hybridized carbons (Fsp3) is 0.409. The highest BCUT2D eigenvalue weighted by atomic mass is 32.1. The number of benzene rings is 1. The first-order valence-electron chi connectivity index (χ1n) is 10.3. The maximum atomic E-state index is 13.1. The summed E-state index contributed by atoms with van der Waals surface area (Å²) < 4.78 is 1.20. The van der Waals surface area contributed by atoms with Crippen LogP contribution in [-0.4, -0.2) is 64.9 Å². The first kappa shape index (κ1) is 18.5. The molecular formula is C22H25N5OS. The van der Waals surface area contributed by atoms with Gasteiger partial charge >= 0.3 is 0 Å². The number of hydrogen-bond donors (Lipinski definition) is 0. The quantitative estimate of drug-likeness (QED) is 0.665. The van der Waals surface area contributed by atoms with Crippen LogP contribution in [0.2, 0.25) is 0 Å². The van der Waals surface area contributed by atoms with Crippen LogP contribution in [0.1, 0.15) is 23.9 Å². The van der Waals surface area contributed by atoms with Crippen molar-refractivity contribution in [3.8, 4) is 0 Å². The molecule has 6 nitrogen and oxygen atoms in total. The monoisotopic (exact) mass is 407 g/mol. The summed E-state index contributed by atoms with van der Waals surface area (Å²) in [5.74, 6) is 1.26. The largest absolute Gasteiger partial charge is 0.354 e. The van der Waals surface area contributed by atoms with Crippen molar-refractivity contribution in [1.29, 1.82) is 0 Å². The molecule has 1 atom stereocenters. The summed E-state index contributed by atoms with van der Waals surface area (Å²) in [5, 5.41) is 1.08. The molecule has 2 saturated heterocycles. The highest BCUT2D eigenvalue weighted by Gasteiger charge is 2.33. The lowest BCUT2D eigenvalue weighted by Crippen LogP contribution is -2.50. The summed E-state index contributed by atoms with van der Waals surface area (Å²) in [6, 6.07) is 14.4. The first-order valence-corrected chi connectivity index (χ1v) is 11.1. The number of aromatic nitrogens is 2. The van der Waals surface area contributed by atoms with E-state index >= 15 is 0 Å². The van der Waals surface area contributed by atoms with Gasteiger partial charge in [-0.05, 0) is 37.1 Å². The average Bonchev–Trinajstić information content (AvgIpc) is 3.42. The van der Waals surface area contributed by atoms with Crippen molar-refractivity contribution in [2.75, 3.05) is 44.2 Å². The Morgan fingerprint density at radius 3 is 2.66 bits per heavy atom. The van der Waals surface area contributed by atoms with E-state index in [1.54, 1.807) is 11.3 Å². The summed E-state index contributed by atoms with van der Waals surface area (Å²) >= 11 is 1.73. The van der Waals surface area contributed by atoms with Gasteiger partial charge in [-0.3, -0.25) is 9.69 Å². The van der Waals surface area contributed by atoms with Gasteiger partial charge in [-0.25, -0.2) is 9.97 Å². The third-order valence-corrected chi connectivity index (χ3v) is 7.01. The van der Waals surface area contributed by atoms with Gasteiger partial charge in [-0.15, -0.1) is 11.3 Å². The van der Waals surface area contributed by atoms with Crippen LogP contribution in [0.5, 0.6) is 0 Å². The van der Waals surface area contributed by atoms with E-state index in [2.05, 4.69) is 31.8 Å². The molecule has 3 aromatic rings. The Hall–Kier alpha value is -2.51. The van der Waals surface area contributed by atoms with Crippen molar-refractivity contribution in [3.05, 3.63) is 53.7 Å². The molecular weight excluding hydrogens is 382 g/mol. The highest BCUT2D eigenvalue weighted by Crippen LogP contribution is 2.36. The fourth-order valence-corrected chi connectivity index (χ4v) is 5.43. The maximum Gasteiger partial charge on any atom is 0.237 e. The van der Waals surface area contributed by atoms with E-state index in [1.807, 2.05) is 36.5 Å². The number of anilines is 1. The first-order chi connectivity index (χ1) is 14.3. The SMILES string of the molecule is O=C(CN1CCN(c2ccccn2)CC1)N1CCCC1c1nc2ccccc2s1. The highest BCUT2D eigenvalue weighted by molar-refractivity contribution is 7.18. The molecule has 1 aromatic carbocycles. The number of rotatable bonds is 4. The van der Waals surface area contributed by atoms with Gasteiger partial charge in [0.1, 0.15) is 10.8 Å². The summed E-state index contributed by atoms with van der Waals surface area (Å²) in [4.78, 5) is 29.0. The molecule has 4 heterocycles. The number of piperazine rings is 1. The second-order valence-corrected chi connectivity index (χ2v) is 8.78. The van der Waals surface area contributed by atoms with E-state index in [1.165, 1.54) is 4.70 Å². The van der Waals surface area contributed by atoms with Crippen LogP contribution in [0.25, 0.3) is 10.2 Å². The van der Waals surface area contributed by atoms with Crippen LogP contribution in [0.3, 0.4) is 0 Å². The number of fused-ring (bicyclic) bond motifs is 1. The zero-order valence-corrected chi connectivity index (χ0v) is 17.2. The molecule has 2 aliphatic rings. The third-order valence-electron chi connectivity index (χ3n) is 5.87. The number of hydrogen-bond acceptors (Lipinski definition) is 6. The Morgan fingerprint density at radius 2 is 1.86 bits per heavy atom. The van der Waals surface area contributed by atoms with Crippen LogP contribution < -0.4 is 4.90 Å². The van der Waals surface area contributed by atoms with E-state index in [-0.39, 0.29) is 11.9 Å². The Labute approximate surface area is 174 Å². The summed E-state index contributed by atoms with van der Waals surface area (Å²) in [7, 11) is 0. The molecule has 0 bridgehead atoms. The predicted octanol–water partition coefficient (Wildman–Crippen LogP) is 3.18. The second kappa shape index (κ2) is 8.08. The van der Waals surface area contributed by atoms with Crippen LogP contribution >= 0.6 is 11.3 Å². The van der Waals surface area contributed by atoms with E-state index in [4.69, 9.17) is 4.98 Å². The Morgan fingerprint density at radius 1 is 1.03 bits per heavy atom. The van der Waals surface area contributed by atoms with Gasteiger partial charge < -0.3 is 9.80 Å². The molecule has 0 aliphatic carbocycles. The zero-order chi connectivity index (χ0) is 19.6. The fourth-order valence-electron chi connectivity index (χ4n) is 4.31. The van der Waals surface area contributed by atoms with Gasteiger partial charge in [0.25, 0.3) is 0 Å². The number of thiazole rings is 1. The third kappa shape index (κ3) is 3.84. The molecule has 2 aliphatic heterocycles. The molecule has 29 heavy (non-hydrogen) atoms. The lowest BCUT2D eigenvalue weighted by Gasteiger charge is -2.36. The smallest absolute Gasteiger partial charge is 0.237 e. The molecule has 2 aromatic heterocycles. The lowest BCUT2D eigenvalue weighted by atomic mass is 10.2. The number of pyridine rings is 1.